The minimum atomic E-state index is -5.56. The average Bonchev–Trinajstić information content (AvgIpc) is 2.23. The van der Waals surface area contributed by atoms with Crippen LogP contribution in [0.4, 0.5) is 39.5 Å². The smallest absolute Gasteiger partial charge is 0.170 e. The van der Waals surface area contributed by atoms with Gasteiger partial charge in [0.1, 0.15) is 5.92 Å². The number of benzene rings is 1. The second-order valence-corrected chi connectivity index (χ2v) is 3.85. The van der Waals surface area contributed by atoms with Gasteiger partial charge in [-0.3, -0.25) is 0 Å². The molecule has 0 unspecified atom stereocenters. The van der Waals surface area contributed by atoms with Gasteiger partial charge in [-0.25, -0.2) is 0 Å². The van der Waals surface area contributed by atoms with Crippen molar-refractivity contribution in [3.05, 3.63) is 40.8 Å². The predicted octanol–water partition coefficient (Wildman–Crippen LogP) is 5.23. The fraction of sp³-hybridized carbons (Fsp3) is 0.364. The summed E-state index contributed by atoms with van der Waals surface area (Å²) in [6.45, 7) is 0.296. The normalized spacial score (nSPS) is 13.9. The molecule has 0 spiro atoms. The first-order valence-electron chi connectivity index (χ1n) is 4.94. The Morgan fingerprint density at radius 1 is 0.800 bits per heavy atom. The Bertz CT molecular complexity index is 478. The molecule has 0 atom stereocenters. The van der Waals surface area contributed by atoms with Crippen LogP contribution in [-0.4, -0.2) is 6.18 Å². The first kappa shape index (κ1) is 16.6. The van der Waals surface area contributed by atoms with Crippen LogP contribution in [0.3, 0.4) is 0 Å². The van der Waals surface area contributed by atoms with Crippen molar-refractivity contribution in [2.45, 2.75) is 25.5 Å². The summed E-state index contributed by atoms with van der Waals surface area (Å²) in [5.74, 6) is -1.74. The first-order chi connectivity index (χ1) is 8.76. The quantitative estimate of drug-likeness (QED) is 0.623. The van der Waals surface area contributed by atoms with Crippen molar-refractivity contribution < 1.29 is 39.5 Å². The molecule has 0 fully saturated rings. The summed E-state index contributed by atoms with van der Waals surface area (Å²) in [6.07, 6.45) is -16.1. The largest absolute Gasteiger partial charge is 0.417 e. The third-order valence-electron chi connectivity index (χ3n) is 2.48. The maximum Gasteiger partial charge on any atom is 0.417 e. The van der Waals surface area contributed by atoms with Crippen LogP contribution in [0, 0.1) is 5.92 Å². The van der Waals surface area contributed by atoms with E-state index in [2.05, 4.69) is 0 Å². The van der Waals surface area contributed by atoms with E-state index in [1.807, 2.05) is 0 Å². The van der Waals surface area contributed by atoms with Crippen LogP contribution in [0.25, 0.3) is 0 Å². The molecule has 9 heteroatoms. The van der Waals surface area contributed by atoms with Crippen LogP contribution >= 0.6 is 0 Å². The van der Waals surface area contributed by atoms with E-state index in [1.54, 1.807) is 0 Å². The summed E-state index contributed by atoms with van der Waals surface area (Å²) in [7, 11) is 0. The van der Waals surface area contributed by atoms with E-state index in [0.29, 0.717) is 19.1 Å². The van der Waals surface area contributed by atoms with Gasteiger partial charge in [0.2, 0.25) is 0 Å². The minimum Gasteiger partial charge on any atom is -0.170 e. The van der Waals surface area contributed by atoms with Gasteiger partial charge in [-0.1, -0.05) is 12.1 Å². The number of hydrogen-bond acceptors (Lipinski definition) is 0. The summed E-state index contributed by atoms with van der Waals surface area (Å²) in [5.41, 5.74) is -6.01. The molecule has 0 nitrogen and oxygen atoms in total. The lowest BCUT2D eigenvalue weighted by atomic mass is 9.91. The van der Waals surface area contributed by atoms with Crippen LogP contribution in [0.5, 0.6) is 0 Å². The molecule has 0 amide bonds. The van der Waals surface area contributed by atoms with E-state index in [4.69, 9.17) is 0 Å². The molecule has 0 aliphatic carbocycles. The Hall–Kier alpha value is -1.41. The van der Waals surface area contributed by atoms with Gasteiger partial charge in [-0.2, -0.15) is 39.5 Å². The molecule has 0 saturated heterocycles. The zero-order chi connectivity index (χ0) is 15.9. The Morgan fingerprint density at radius 2 is 1.30 bits per heavy atom. The summed E-state index contributed by atoms with van der Waals surface area (Å²) < 4.78 is 113. The molecule has 0 N–H and O–H groups in total. The van der Waals surface area contributed by atoms with Crippen LogP contribution in [0.2, 0.25) is 0 Å². The van der Waals surface area contributed by atoms with Crippen molar-refractivity contribution in [3.8, 4) is 0 Å². The molecule has 1 rings (SSSR count). The van der Waals surface area contributed by atoms with Gasteiger partial charge < -0.3 is 0 Å². The van der Waals surface area contributed by atoms with Gasteiger partial charge in [0, 0.05) is 0 Å². The fourth-order valence-electron chi connectivity index (χ4n) is 1.56. The van der Waals surface area contributed by atoms with Crippen LogP contribution in [0.15, 0.2) is 18.2 Å². The summed E-state index contributed by atoms with van der Waals surface area (Å²) in [5, 5.41) is 0. The Labute approximate surface area is 107 Å². The average molecular weight is 309 g/mol. The maximum absolute atomic E-state index is 12.7. The molecular weight excluding hydrogens is 303 g/mol. The number of alkyl halides is 9. The highest BCUT2D eigenvalue weighted by Crippen LogP contribution is 2.46. The molecule has 20 heavy (non-hydrogen) atoms. The van der Waals surface area contributed by atoms with E-state index in [-0.39, 0.29) is 6.07 Å². The van der Waals surface area contributed by atoms with Crippen LogP contribution in [0.1, 0.15) is 23.6 Å². The molecule has 1 aromatic carbocycles. The maximum atomic E-state index is 12.7. The Morgan fingerprint density at radius 3 is 1.65 bits per heavy atom. The lowest BCUT2D eigenvalue weighted by Gasteiger charge is -2.23. The summed E-state index contributed by atoms with van der Waals surface area (Å²) >= 11 is 0. The molecule has 0 aliphatic rings. The van der Waals surface area contributed by atoms with Crippen LogP contribution < -0.4 is 0 Å². The molecule has 0 aromatic heterocycles. The third kappa shape index (κ3) is 3.37. The second-order valence-electron chi connectivity index (χ2n) is 3.85. The monoisotopic (exact) mass is 309 g/mol. The van der Waals surface area contributed by atoms with Gasteiger partial charge in [-0.15, -0.1) is 0 Å². The van der Waals surface area contributed by atoms with Crippen molar-refractivity contribution in [2.75, 3.05) is 0 Å². The van der Waals surface area contributed by atoms with E-state index in [1.165, 1.54) is 0 Å². The summed E-state index contributed by atoms with van der Waals surface area (Å²) in [6, 6.07) is 0.958. The molecule has 1 aromatic rings. The number of halogens is 9. The van der Waals surface area contributed by atoms with Gasteiger partial charge in [0.05, 0.1) is 11.1 Å². The SMILES string of the molecule is C[C](c1cccc(C(F)(F)F)c1C(F)(F)F)C(F)(F)F. The first-order valence-corrected chi connectivity index (χ1v) is 4.94. The van der Waals surface area contributed by atoms with Crippen molar-refractivity contribution in [2.24, 2.45) is 0 Å². The highest BCUT2D eigenvalue weighted by molar-refractivity contribution is 5.47. The highest BCUT2D eigenvalue weighted by Gasteiger charge is 2.49. The molecule has 113 valence electrons. The standard InChI is InChI=1S/C11H6F9/c1-5(9(12,13)14)6-3-2-4-7(10(15,16)17)8(6)11(18,19)20/h2-4H,1H3. The van der Waals surface area contributed by atoms with Gasteiger partial charge in [-0.05, 0) is 18.6 Å². The zero-order valence-electron chi connectivity index (χ0n) is 9.63. The van der Waals surface area contributed by atoms with Crippen molar-refractivity contribution in [3.63, 3.8) is 0 Å². The van der Waals surface area contributed by atoms with Gasteiger partial charge in [0.15, 0.2) is 0 Å². The van der Waals surface area contributed by atoms with Gasteiger partial charge in [0.25, 0.3) is 0 Å². The van der Waals surface area contributed by atoms with E-state index < -0.39 is 41.1 Å². The van der Waals surface area contributed by atoms with E-state index >= 15 is 0 Å². The molecule has 0 bridgehead atoms. The number of hydrogen-bond donors (Lipinski definition) is 0. The Balaban J connectivity index is 3.63. The molecule has 0 aliphatic heterocycles. The summed E-state index contributed by atoms with van der Waals surface area (Å²) in [4.78, 5) is 0. The fourth-order valence-corrected chi connectivity index (χ4v) is 1.56. The van der Waals surface area contributed by atoms with Crippen molar-refractivity contribution in [1.29, 1.82) is 0 Å². The van der Waals surface area contributed by atoms with Crippen LogP contribution in [-0.2, 0) is 12.4 Å². The lowest BCUT2D eigenvalue weighted by molar-refractivity contribution is -0.163. The van der Waals surface area contributed by atoms with E-state index in [0.717, 1.165) is 0 Å². The molecule has 0 heterocycles. The zero-order valence-corrected chi connectivity index (χ0v) is 9.63. The molecule has 1 radical (unpaired) electrons. The second kappa shape index (κ2) is 4.85. The van der Waals surface area contributed by atoms with Gasteiger partial charge >= 0.3 is 18.5 Å². The van der Waals surface area contributed by atoms with E-state index in [9.17, 15) is 39.5 Å². The van der Waals surface area contributed by atoms with Crippen molar-refractivity contribution in [1.82, 2.24) is 0 Å². The predicted molar refractivity (Wildman–Crippen MR) is 50.5 cm³/mol. The topological polar surface area (TPSA) is 0 Å². The minimum absolute atomic E-state index is 0.0932. The number of rotatable bonds is 1. The molecular formula is C11H6F9. The molecule has 0 saturated carbocycles. The lowest BCUT2D eigenvalue weighted by Crippen LogP contribution is -2.25. The van der Waals surface area contributed by atoms with Crippen molar-refractivity contribution >= 4 is 0 Å². The third-order valence-corrected chi connectivity index (χ3v) is 2.48. The Kier molecular flexibility index (Phi) is 4.04. The highest BCUT2D eigenvalue weighted by atomic mass is 19.4.